The first-order valence-corrected chi connectivity index (χ1v) is 10.4. The summed E-state index contributed by atoms with van der Waals surface area (Å²) in [6, 6.07) is 7.94. The van der Waals surface area contributed by atoms with Crippen molar-refractivity contribution in [3.8, 4) is 0 Å². The number of cyclic esters (lactones) is 1. The highest BCUT2D eigenvalue weighted by atomic mass is 16.5. The largest absolute Gasteiger partial charge is 0.465 e. The van der Waals surface area contributed by atoms with E-state index in [9.17, 15) is 9.59 Å². The standard InChI is InChI=1S/C23H30N2O3/c1-15-4-3-5-20(11-15)25-22(27)24-19-8-6-17(7-9-19)13-23-12-16(2)10-18(23)14-28-21(23)26/h6-9,15,18,20H,2-5,10-14H2,1H3,(H2,24,25,27). The molecule has 150 valence electrons. The highest BCUT2D eigenvalue weighted by Gasteiger charge is 2.55. The van der Waals surface area contributed by atoms with Crippen molar-refractivity contribution in [3.63, 3.8) is 0 Å². The van der Waals surface area contributed by atoms with Crippen molar-refractivity contribution >= 4 is 17.7 Å². The molecule has 0 radical (unpaired) electrons. The predicted octanol–water partition coefficient (Wildman–Crippen LogP) is 4.44. The number of anilines is 1. The summed E-state index contributed by atoms with van der Waals surface area (Å²) >= 11 is 0. The smallest absolute Gasteiger partial charge is 0.319 e. The van der Waals surface area contributed by atoms with E-state index in [2.05, 4.69) is 24.1 Å². The normalized spacial score (nSPS) is 32.0. The Labute approximate surface area is 166 Å². The third-order valence-electron chi connectivity index (χ3n) is 6.71. The lowest BCUT2D eigenvalue weighted by molar-refractivity contribution is -0.146. The van der Waals surface area contributed by atoms with Crippen LogP contribution in [0.4, 0.5) is 10.5 Å². The van der Waals surface area contributed by atoms with Crippen LogP contribution in [-0.4, -0.2) is 24.6 Å². The molecule has 1 aliphatic heterocycles. The maximum atomic E-state index is 12.4. The number of rotatable bonds is 4. The molecule has 2 saturated carbocycles. The van der Waals surface area contributed by atoms with Crippen molar-refractivity contribution in [3.05, 3.63) is 42.0 Å². The SMILES string of the molecule is C=C1CC2COC(=O)C2(Cc2ccc(NC(=O)NC3CCCC(C)C3)cc2)C1. The van der Waals surface area contributed by atoms with Gasteiger partial charge in [0.15, 0.2) is 0 Å². The van der Waals surface area contributed by atoms with Crippen LogP contribution in [0.5, 0.6) is 0 Å². The van der Waals surface area contributed by atoms with Gasteiger partial charge in [-0.05, 0) is 55.7 Å². The summed E-state index contributed by atoms with van der Waals surface area (Å²) in [5.74, 6) is 0.837. The van der Waals surface area contributed by atoms with Crippen LogP contribution in [-0.2, 0) is 16.0 Å². The Morgan fingerprint density at radius 1 is 1.29 bits per heavy atom. The minimum absolute atomic E-state index is 0.0839. The van der Waals surface area contributed by atoms with Crippen LogP contribution in [0.2, 0.25) is 0 Å². The van der Waals surface area contributed by atoms with Gasteiger partial charge in [-0.15, -0.1) is 0 Å². The number of amides is 2. The minimum Gasteiger partial charge on any atom is -0.465 e. The molecule has 1 aromatic rings. The number of allylic oxidation sites excluding steroid dienone is 1. The van der Waals surface area contributed by atoms with Crippen molar-refractivity contribution in [2.75, 3.05) is 11.9 Å². The fourth-order valence-electron chi connectivity index (χ4n) is 5.25. The van der Waals surface area contributed by atoms with Gasteiger partial charge in [0.2, 0.25) is 0 Å². The highest BCUT2D eigenvalue weighted by Crippen LogP contribution is 2.52. The third-order valence-corrected chi connectivity index (χ3v) is 6.71. The summed E-state index contributed by atoms with van der Waals surface area (Å²) in [4.78, 5) is 24.7. The second-order valence-corrected chi connectivity index (χ2v) is 9.02. The van der Waals surface area contributed by atoms with Crippen LogP contribution in [0.1, 0.15) is 51.0 Å². The van der Waals surface area contributed by atoms with Crippen LogP contribution in [0, 0.1) is 17.3 Å². The molecule has 2 amide bonds. The molecule has 4 rings (SSSR count). The fraction of sp³-hybridized carbons (Fsp3) is 0.565. The van der Waals surface area contributed by atoms with E-state index in [-0.39, 0.29) is 24.0 Å². The Hall–Kier alpha value is -2.30. The Bertz CT molecular complexity index is 773. The van der Waals surface area contributed by atoms with E-state index in [1.807, 2.05) is 24.3 Å². The quantitative estimate of drug-likeness (QED) is 0.598. The molecule has 5 nitrogen and oxygen atoms in total. The van der Waals surface area contributed by atoms with Crippen molar-refractivity contribution in [2.24, 2.45) is 17.3 Å². The van der Waals surface area contributed by atoms with E-state index in [1.54, 1.807) is 0 Å². The summed E-state index contributed by atoms with van der Waals surface area (Å²) in [5, 5.41) is 6.02. The minimum atomic E-state index is -0.443. The molecule has 2 N–H and O–H groups in total. The molecule has 2 aliphatic carbocycles. The summed E-state index contributed by atoms with van der Waals surface area (Å²) < 4.78 is 5.35. The number of esters is 1. The summed E-state index contributed by atoms with van der Waals surface area (Å²) in [5.41, 5.74) is 2.56. The molecule has 1 saturated heterocycles. The average Bonchev–Trinajstić information content (AvgIpc) is 3.11. The summed E-state index contributed by atoms with van der Waals surface area (Å²) in [6.07, 6.45) is 6.81. The van der Waals surface area contributed by atoms with Crippen molar-refractivity contribution in [2.45, 2.75) is 57.9 Å². The molecule has 3 aliphatic rings. The van der Waals surface area contributed by atoms with E-state index >= 15 is 0 Å². The first-order chi connectivity index (χ1) is 13.4. The fourth-order valence-corrected chi connectivity index (χ4v) is 5.25. The molecule has 1 heterocycles. The highest BCUT2D eigenvalue weighted by molar-refractivity contribution is 5.89. The Morgan fingerprint density at radius 2 is 2.07 bits per heavy atom. The summed E-state index contributed by atoms with van der Waals surface area (Å²) in [6.45, 7) is 6.85. The third kappa shape index (κ3) is 3.80. The van der Waals surface area contributed by atoms with E-state index in [1.165, 1.54) is 12.8 Å². The number of hydrogen-bond acceptors (Lipinski definition) is 3. The van der Waals surface area contributed by atoms with Gasteiger partial charge < -0.3 is 15.4 Å². The molecule has 1 aromatic carbocycles. The van der Waals surface area contributed by atoms with Crippen LogP contribution in [0.15, 0.2) is 36.4 Å². The van der Waals surface area contributed by atoms with E-state index in [4.69, 9.17) is 4.74 Å². The molecular weight excluding hydrogens is 352 g/mol. The lowest BCUT2D eigenvalue weighted by atomic mass is 9.75. The average molecular weight is 383 g/mol. The number of benzene rings is 1. The van der Waals surface area contributed by atoms with E-state index in [0.717, 1.165) is 42.5 Å². The van der Waals surface area contributed by atoms with Crippen molar-refractivity contribution < 1.29 is 14.3 Å². The summed E-state index contributed by atoms with van der Waals surface area (Å²) in [7, 11) is 0. The number of carbonyl (C=O) groups is 2. The van der Waals surface area contributed by atoms with Gasteiger partial charge in [-0.3, -0.25) is 4.79 Å². The number of nitrogens with one attached hydrogen (secondary N) is 2. The molecule has 5 heteroatoms. The lowest BCUT2D eigenvalue weighted by Crippen LogP contribution is -2.40. The van der Waals surface area contributed by atoms with Crippen molar-refractivity contribution in [1.82, 2.24) is 5.32 Å². The number of fused-ring (bicyclic) bond motifs is 1. The maximum absolute atomic E-state index is 12.4. The number of urea groups is 1. The van der Waals surface area contributed by atoms with Crippen LogP contribution < -0.4 is 10.6 Å². The van der Waals surface area contributed by atoms with Gasteiger partial charge in [0, 0.05) is 17.6 Å². The number of carbonyl (C=O) groups excluding carboxylic acids is 2. The number of ether oxygens (including phenoxy) is 1. The molecule has 0 spiro atoms. The Balaban J connectivity index is 1.36. The predicted molar refractivity (Wildman–Crippen MR) is 109 cm³/mol. The molecule has 0 aromatic heterocycles. The van der Waals surface area contributed by atoms with Crippen molar-refractivity contribution in [1.29, 1.82) is 0 Å². The van der Waals surface area contributed by atoms with Gasteiger partial charge in [0.05, 0.1) is 12.0 Å². The first-order valence-electron chi connectivity index (χ1n) is 10.4. The zero-order chi connectivity index (χ0) is 19.7. The van der Waals surface area contributed by atoms with Gasteiger partial charge in [-0.2, -0.15) is 0 Å². The maximum Gasteiger partial charge on any atom is 0.319 e. The van der Waals surface area contributed by atoms with Gasteiger partial charge in [0.25, 0.3) is 0 Å². The monoisotopic (exact) mass is 382 g/mol. The zero-order valence-corrected chi connectivity index (χ0v) is 16.6. The van der Waals surface area contributed by atoms with Gasteiger partial charge in [-0.1, -0.05) is 44.1 Å². The second-order valence-electron chi connectivity index (χ2n) is 9.02. The molecule has 0 bridgehead atoms. The van der Waals surface area contributed by atoms with Crippen LogP contribution >= 0.6 is 0 Å². The Morgan fingerprint density at radius 3 is 2.82 bits per heavy atom. The van der Waals surface area contributed by atoms with Crippen LogP contribution in [0.25, 0.3) is 0 Å². The second kappa shape index (κ2) is 7.61. The molecule has 3 fully saturated rings. The van der Waals surface area contributed by atoms with E-state index in [0.29, 0.717) is 18.9 Å². The number of hydrogen-bond donors (Lipinski definition) is 2. The first kappa shape index (κ1) is 19.0. The molecule has 4 unspecified atom stereocenters. The van der Waals surface area contributed by atoms with Gasteiger partial charge >= 0.3 is 12.0 Å². The van der Waals surface area contributed by atoms with Gasteiger partial charge in [0.1, 0.15) is 0 Å². The zero-order valence-electron chi connectivity index (χ0n) is 16.6. The lowest BCUT2D eigenvalue weighted by Gasteiger charge is -2.27. The molecule has 4 atom stereocenters. The van der Waals surface area contributed by atoms with E-state index < -0.39 is 5.41 Å². The van der Waals surface area contributed by atoms with Crippen LogP contribution in [0.3, 0.4) is 0 Å². The topological polar surface area (TPSA) is 67.4 Å². The molecular formula is C23H30N2O3. The molecule has 28 heavy (non-hydrogen) atoms. The van der Waals surface area contributed by atoms with Gasteiger partial charge in [-0.25, -0.2) is 4.79 Å². The Kier molecular flexibility index (Phi) is 5.17.